The fourth-order valence-corrected chi connectivity index (χ4v) is 1.40. The molecule has 1 aliphatic carbocycles. The number of carbonyl (C=O) groups excluding carboxylic acids is 1. The molecule has 1 aliphatic rings. The van der Waals surface area contributed by atoms with E-state index in [1.165, 1.54) is 6.42 Å². The number of alkyl halides is 1. The third kappa shape index (κ3) is 2.87. The van der Waals surface area contributed by atoms with E-state index in [9.17, 15) is 9.18 Å². The molecule has 2 nitrogen and oxygen atoms in total. The van der Waals surface area contributed by atoms with Gasteiger partial charge in [0.15, 0.2) is 6.67 Å². The molecule has 0 aliphatic heterocycles. The van der Waals surface area contributed by atoms with Crippen LogP contribution in [-0.4, -0.2) is 18.7 Å². The van der Waals surface area contributed by atoms with Crippen molar-refractivity contribution in [2.24, 2.45) is 0 Å². The van der Waals surface area contributed by atoms with Crippen molar-refractivity contribution < 1.29 is 13.9 Å². The van der Waals surface area contributed by atoms with Crippen LogP contribution < -0.4 is 0 Å². The first-order valence-electron chi connectivity index (χ1n) is 4.08. The molecule has 0 aromatic rings. The number of carbonyl (C=O) groups is 1. The Morgan fingerprint density at radius 2 is 2.00 bits per heavy atom. The molecule has 0 unspecified atom stereocenters. The van der Waals surface area contributed by atoms with Gasteiger partial charge in [-0.25, -0.2) is 9.18 Å². The van der Waals surface area contributed by atoms with Gasteiger partial charge in [-0.15, -0.1) is 0 Å². The maximum atomic E-state index is 11.7. The van der Waals surface area contributed by atoms with E-state index in [-0.39, 0.29) is 6.10 Å². The topological polar surface area (TPSA) is 26.3 Å². The van der Waals surface area contributed by atoms with Crippen LogP contribution >= 0.6 is 0 Å². The van der Waals surface area contributed by atoms with Crippen LogP contribution in [0, 0.1) is 0 Å². The highest BCUT2D eigenvalue weighted by atomic mass is 19.1. The van der Waals surface area contributed by atoms with E-state index in [0.717, 1.165) is 25.7 Å². The Labute approximate surface area is 65.7 Å². The van der Waals surface area contributed by atoms with Gasteiger partial charge in [-0.3, -0.25) is 0 Å². The second kappa shape index (κ2) is 4.31. The second-order valence-corrected chi connectivity index (χ2v) is 2.88. The molecule has 0 spiro atoms. The van der Waals surface area contributed by atoms with Crippen molar-refractivity contribution in [1.29, 1.82) is 0 Å². The molecule has 64 valence electrons. The molecule has 1 fully saturated rings. The van der Waals surface area contributed by atoms with Gasteiger partial charge < -0.3 is 4.74 Å². The highest BCUT2D eigenvalue weighted by Crippen LogP contribution is 2.20. The summed E-state index contributed by atoms with van der Waals surface area (Å²) in [6, 6.07) is 0. The molecular weight excluding hydrogens is 147 g/mol. The van der Waals surface area contributed by atoms with Crippen LogP contribution in [0.4, 0.5) is 4.39 Å². The van der Waals surface area contributed by atoms with Crippen LogP contribution in [0.1, 0.15) is 32.1 Å². The summed E-state index contributed by atoms with van der Waals surface area (Å²) in [5, 5.41) is 0. The number of hydrogen-bond donors (Lipinski definition) is 0. The molecule has 3 heteroatoms. The molecule has 11 heavy (non-hydrogen) atoms. The van der Waals surface area contributed by atoms with E-state index in [1.54, 1.807) is 0 Å². The molecule has 0 amide bonds. The summed E-state index contributed by atoms with van der Waals surface area (Å²) in [5.41, 5.74) is 0. The summed E-state index contributed by atoms with van der Waals surface area (Å²) in [5.74, 6) is -0.711. The van der Waals surface area contributed by atoms with Gasteiger partial charge in [-0.05, 0) is 25.7 Å². The molecule has 0 aromatic heterocycles. The predicted molar refractivity (Wildman–Crippen MR) is 38.9 cm³/mol. The lowest BCUT2D eigenvalue weighted by Crippen LogP contribution is -2.21. The molecule has 0 saturated heterocycles. The van der Waals surface area contributed by atoms with Crippen molar-refractivity contribution in [1.82, 2.24) is 0 Å². The van der Waals surface area contributed by atoms with Gasteiger partial charge in [0.1, 0.15) is 6.10 Å². The zero-order chi connectivity index (χ0) is 8.10. The van der Waals surface area contributed by atoms with E-state index < -0.39 is 12.6 Å². The first kappa shape index (κ1) is 8.50. The van der Waals surface area contributed by atoms with Gasteiger partial charge in [-0.2, -0.15) is 0 Å². The van der Waals surface area contributed by atoms with Crippen molar-refractivity contribution in [3.8, 4) is 0 Å². The first-order valence-corrected chi connectivity index (χ1v) is 4.08. The summed E-state index contributed by atoms with van der Waals surface area (Å²) >= 11 is 0. The fourth-order valence-electron chi connectivity index (χ4n) is 1.40. The Kier molecular flexibility index (Phi) is 3.33. The Morgan fingerprint density at radius 3 is 2.55 bits per heavy atom. The van der Waals surface area contributed by atoms with Crippen LogP contribution in [0.15, 0.2) is 0 Å². The van der Waals surface area contributed by atoms with Crippen molar-refractivity contribution in [2.75, 3.05) is 6.67 Å². The SMILES string of the molecule is O=C(CF)OC1CCCCC1. The van der Waals surface area contributed by atoms with Crippen molar-refractivity contribution in [2.45, 2.75) is 38.2 Å². The molecule has 0 N–H and O–H groups in total. The predicted octanol–water partition coefficient (Wildman–Crippen LogP) is 1.83. The lowest BCUT2D eigenvalue weighted by Gasteiger charge is -2.20. The summed E-state index contributed by atoms with van der Waals surface area (Å²) in [4.78, 5) is 10.5. The highest BCUT2D eigenvalue weighted by Gasteiger charge is 2.16. The van der Waals surface area contributed by atoms with Crippen LogP contribution in [0.3, 0.4) is 0 Å². The number of esters is 1. The minimum atomic E-state index is -0.990. The largest absolute Gasteiger partial charge is 0.460 e. The van der Waals surface area contributed by atoms with Crippen molar-refractivity contribution in [3.63, 3.8) is 0 Å². The van der Waals surface area contributed by atoms with E-state index >= 15 is 0 Å². The molecule has 0 radical (unpaired) electrons. The minimum absolute atomic E-state index is 0.00741. The normalized spacial score (nSPS) is 19.7. The molecule has 0 bridgehead atoms. The van der Waals surface area contributed by atoms with Gasteiger partial charge in [0, 0.05) is 0 Å². The average molecular weight is 160 g/mol. The van der Waals surface area contributed by atoms with E-state index in [1.807, 2.05) is 0 Å². The lowest BCUT2D eigenvalue weighted by atomic mass is 9.98. The molecule has 1 saturated carbocycles. The maximum Gasteiger partial charge on any atom is 0.337 e. The Hall–Kier alpha value is -0.600. The Bertz CT molecular complexity index is 130. The third-order valence-corrected chi connectivity index (χ3v) is 1.96. The molecule has 0 aromatic carbocycles. The third-order valence-electron chi connectivity index (χ3n) is 1.96. The molecular formula is C8H13FO2. The highest BCUT2D eigenvalue weighted by molar-refractivity contribution is 5.70. The van der Waals surface area contributed by atoms with Gasteiger partial charge in [0.2, 0.25) is 0 Å². The molecule has 0 heterocycles. The van der Waals surface area contributed by atoms with Gasteiger partial charge in [0.25, 0.3) is 0 Å². The summed E-state index contributed by atoms with van der Waals surface area (Å²) in [6.45, 7) is -0.990. The van der Waals surface area contributed by atoms with Crippen molar-refractivity contribution in [3.05, 3.63) is 0 Å². The summed E-state index contributed by atoms with van der Waals surface area (Å²) < 4.78 is 16.5. The molecule has 0 atom stereocenters. The summed E-state index contributed by atoms with van der Waals surface area (Å²) in [7, 11) is 0. The first-order chi connectivity index (χ1) is 5.33. The smallest absolute Gasteiger partial charge is 0.337 e. The van der Waals surface area contributed by atoms with E-state index in [4.69, 9.17) is 4.74 Å². The zero-order valence-electron chi connectivity index (χ0n) is 6.51. The Balaban J connectivity index is 2.19. The second-order valence-electron chi connectivity index (χ2n) is 2.88. The van der Waals surface area contributed by atoms with E-state index in [2.05, 4.69) is 0 Å². The maximum absolute atomic E-state index is 11.7. The quantitative estimate of drug-likeness (QED) is 0.576. The van der Waals surface area contributed by atoms with Gasteiger partial charge >= 0.3 is 5.97 Å². The van der Waals surface area contributed by atoms with E-state index in [0.29, 0.717) is 0 Å². The van der Waals surface area contributed by atoms with Crippen LogP contribution in [0.2, 0.25) is 0 Å². The fraction of sp³-hybridized carbons (Fsp3) is 0.875. The van der Waals surface area contributed by atoms with Gasteiger partial charge in [-0.1, -0.05) is 6.42 Å². The van der Waals surface area contributed by atoms with Gasteiger partial charge in [0.05, 0.1) is 0 Å². The number of halogens is 1. The lowest BCUT2D eigenvalue weighted by molar-refractivity contribution is -0.151. The van der Waals surface area contributed by atoms with Crippen LogP contribution in [-0.2, 0) is 9.53 Å². The monoisotopic (exact) mass is 160 g/mol. The zero-order valence-corrected chi connectivity index (χ0v) is 6.51. The summed E-state index contributed by atoms with van der Waals surface area (Å²) in [6.07, 6.45) is 5.22. The molecule has 1 rings (SSSR count). The number of rotatable bonds is 2. The average Bonchev–Trinajstić information content (AvgIpc) is 2.06. The number of hydrogen-bond acceptors (Lipinski definition) is 2. The standard InChI is InChI=1S/C8H13FO2/c9-6-8(10)11-7-4-2-1-3-5-7/h7H,1-6H2. The number of ether oxygens (including phenoxy) is 1. The van der Waals surface area contributed by atoms with Crippen LogP contribution in [0.25, 0.3) is 0 Å². The van der Waals surface area contributed by atoms with Crippen molar-refractivity contribution >= 4 is 5.97 Å². The van der Waals surface area contributed by atoms with Crippen LogP contribution in [0.5, 0.6) is 0 Å². The Morgan fingerprint density at radius 1 is 1.36 bits per heavy atom. The minimum Gasteiger partial charge on any atom is -0.460 e.